The third-order valence-electron chi connectivity index (χ3n) is 4.73. The highest BCUT2D eigenvalue weighted by Gasteiger charge is 2.20. The van der Waals surface area contributed by atoms with Crippen LogP contribution in [0.1, 0.15) is 29.2 Å². The molecule has 0 saturated carbocycles. The second kappa shape index (κ2) is 8.21. The SMILES string of the molecule is Cc1sc2nc(C(C)N(C)CC(=O)Nc3c(Cl)cccc3Cl)[nH]c(=O)c2c1C. The van der Waals surface area contributed by atoms with E-state index < -0.39 is 0 Å². The van der Waals surface area contributed by atoms with E-state index in [0.29, 0.717) is 31.8 Å². The van der Waals surface area contributed by atoms with Crippen molar-refractivity contribution >= 4 is 56.3 Å². The van der Waals surface area contributed by atoms with E-state index in [9.17, 15) is 9.59 Å². The number of aromatic amines is 1. The fourth-order valence-corrected chi connectivity index (χ4v) is 4.37. The average Bonchev–Trinajstić information content (AvgIpc) is 2.92. The minimum Gasteiger partial charge on any atom is -0.322 e. The van der Waals surface area contributed by atoms with E-state index in [-0.39, 0.29) is 24.1 Å². The zero-order chi connectivity index (χ0) is 20.6. The van der Waals surface area contributed by atoms with Crippen LogP contribution in [0.25, 0.3) is 10.2 Å². The summed E-state index contributed by atoms with van der Waals surface area (Å²) in [7, 11) is 1.79. The van der Waals surface area contributed by atoms with E-state index in [0.717, 1.165) is 10.4 Å². The minimum absolute atomic E-state index is 0.0764. The molecular weight excluding hydrogens is 419 g/mol. The van der Waals surface area contributed by atoms with E-state index in [2.05, 4.69) is 15.3 Å². The standard InChI is InChI=1S/C19H20Cl2N4O2S/c1-9-11(3)28-19-15(9)18(27)23-17(24-19)10(2)25(4)8-14(26)22-16-12(20)6-5-7-13(16)21/h5-7,10H,8H2,1-4H3,(H,22,26)(H,23,24,27). The molecule has 0 saturated heterocycles. The topological polar surface area (TPSA) is 78.1 Å². The lowest BCUT2D eigenvalue weighted by molar-refractivity contribution is -0.117. The smallest absolute Gasteiger partial charge is 0.259 e. The molecule has 0 bridgehead atoms. The van der Waals surface area contributed by atoms with Crippen molar-refractivity contribution in [3.63, 3.8) is 0 Å². The second-order valence-corrected chi connectivity index (χ2v) is 8.67. The molecule has 0 aliphatic carbocycles. The summed E-state index contributed by atoms with van der Waals surface area (Å²) in [4.78, 5) is 35.9. The highest BCUT2D eigenvalue weighted by molar-refractivity contribution is 7.18. The highest BCUT2D eigenvalue weighted by atomic mass is 35.5. The molecule has 1 aromatic carbocycles. The first-order chi connectivity index (χ1) is 13.2. The first-order valence-electron chi connectivity index (χ1n) is 8.63. The zero-order valence-corrected chi connectivity index (χ0v) is 18.2. The maximum Gasteiger partial charge on any atom is 0.259 e. The van der Waals surface area contributed by atoms with Gasteiger partial charge in [-0.1, -0.05) is 29.3 Å². The van der Waals surface area contributed by atoms with Gasteiger partial charge in [0.1, 0.15) is 10.7 Å². The predicted molar refractivity (Wildman–Crippen MR) is 116 cm³/mol. The van der Waals surface area contributed by atoms with Crippen molar-refractivity contribution in [2.45, 2.75) is 26.8 Å². The molecule has 0 fully saturated rings. The third-order valence-corrected chi connectivity index (χ3v) is 6.47. The van der Waals surface area contributed by atoms with Gasteiger partial charge < -0.3 is 10.3 Å². The van der Waals surface area contributed by atoms with Gasteiger partial charge in [0.25, 0.3) is 5.56 Å². The lowest BCUT2D eigenvalue weighted by atomic mass is 10.2. The van der Waals surface area contributed by atoms with Crippen LogP contribution in [0.2, 0.25) is 10.0 Å². The number of thiophene rings is 1. The number of nitrogens with zero attached hydrogens (tertiary/aromatic N) is 2. The number of carbonyl (C=O) groups excluding carboxylic acids is 1. The van der Waals surface area contributed by atoms with Gasteiger partial charge >= 0.3 is 0 Å². The Hall–Kier alpha value is -1.93. The van der Waals surface area contributed by atoms with E-state index in [1.54, 1.807) is 30.1 Å². The highest BCUT2D eigenvalue weighted by Crippen LogP contribution is 2.30. The number of likely N-dealkylation sites (N-methyl/N-ethyl adjacent to an activating group) is 1. The van der Waals surface area contributed by atoms with Crippen LogP contribution in [-0.2, 0) is 4.79 Å². The molecule has 1 atom stereocenters. The molecule has 2 aromatic heterocycles. The van der Waals surface area contributed by atoms with Crippen LogP contribution in [0.15, 0.2) is 23.0 Å². The molecular formula is C19H20Cl2N4O2S. The molecule has 0 spiro atoms. The number of benzene rings is 1. The van der Waals surface area contributed by atoms with Crippen LogP contribution in [-0.4, -0.2) is 34.4 Å². The summed E-state index contributed by atoms with van der Waals surface area (Å²) in [6.45, 7) is 5.85. The summed E-state index contributed by atoms with van der Waals surface area (Å²) >= 11 is 13.7. The summed E-state index contributed by atoms with van der Waals surface area (Å²) < 4.78 is 0. The molecule has 2 heterocycles. The Bertz CT molecular complexity index is 1090. The van der Waals surface area contributed by atoms with Crippen LogP contribution in [0.4, 0.5) is 5.69 Å². The normalized spacial score (nSPS) is 12.5. The fourth-order valence-electron chi connectivity index (χ4n) is 2.84. The van der Waals surface area contributed by atoms with Gasteiger partial charge in [-0.15, -0.1) is 11.3 Å². The number of hydrogen-bond acceptors (Lipinski definition) is 5. The maximum absolute atomic E-state index is 12.5. The zero-order valence-electron chi connectivity index (χ0n) is 15.9. The molecule has 28 heavy (non-hydrogen) atoms. The summed E-state index contributed by atoms with van der Waals surface area (Å²) in [6.07, 6.45) is 0. The van der Waals surface area contributed by atoms with Crippen molar-refractivity contribution in [1.82, 2.24) is 14.9 Å². The van der Waals surface area contributed by atoms with Crippen LogP contribution in [0.5, 0.6) is 0 Å². The van der Waals surface area contributed by atoms with E-state index in [4.69, 9.17) is 23.2 Å². The number of halogens is 2. The van der Waals surface area contributed by atoms with Crippen molar-refractivity contribution in [2.24, 2.45) is 0 Å². The van der Waals surface area contributed by atoms with Crippen LogP contribution in [0.3, 0.4) is 0 Å². The van der Waals surface area contributed by atoms with Gasteiger partial charge in [-0.3, -0.25) is 14.5 Å². The van der Waals surface area contributed by atoms with Crippen LogP contribution in [0, 0.1) is 13.8 Å². The van der Waals surface area contributed by atoms with Crippen molar-refractivity contribution in [3.8, 4) is 0 Å². The number of fused-ring (bicyclic) bond motifs is 1. The molecule has 0 radical (unpaired) electrons. The predicted octanol–water partition coefficient (Wildman–Crippen LogP) is 4.54. The van der Waals surface area contributed by atoms with Crippen molar-refractivity contribution < 1.29 is 4.79 Å². The maximum atomic E-state index is 12.5. The molecule has 148 valence electrons. The number of H-pyrrole nitrogens is 1. The minimum atomic E-state index is -0.271. The molecule has 2 N–H and O–H groups in total. The largest absolute Gasteiger partial charge is 0.322 e. The lowest BCUT2D eigenvalue weighted by Crippen LogP contribution is -2.33. The Morgan fingerprint density at radius 2 is 1.96 bits per heavy atom. The third kappa shape index (κ3) is 4.07. The Morgan fingerprint density at radius 1 is 1.32 bits per heavy atom. The first-order valence-corrected chi connectivity index (χ1v) is 10.2. The van der Waals surface area contributed by atoms with E-state index in [1.807, 2.05) is 20.8 Å². The van der Waals surface area contributed by atoms with Gasteiger partial charge in [0.15, 0.2) is 0 Å². The van der Waals surface area contributed by atoms with Crippen molar-refractivity contribution in [1.29, 1.82) is 0 Å². The molecule has 3 aromatic rings. The number of aryl methyl sites for hydroxylation is 2. The number of amides is 1. The molecule has 6 nitrogen and oxygen atoms in total. The molecule has 9 heteroatoms. The van der Waals surface area contributed by atoms with Gasteiger partial charge in [0.2, 0.25) is 5.91 Å². The molecule has 0 aliphatic heterocycles. The summed E-state index contributed by atoms with van der Waals surface area (Å²) in [5.41, 5.74) is 1.18. The lowest BCUT2D eigenvalue weighted by Gasteiger charge is -2.23. The summed E-state index contributed by atoms with van der Waals surface area (Å²) in [6, 6.07) is 4.75. The second-order valence-electron chi connectivity index (χ2n) is 6.65. The molecule has 1 unspecified atom stereocenters. The number of rotatable bonds is 5. The van der Waals surface area contributed by atoms with Gasteiger partial charge in [-0.05, 0) is 45.5 Å². The van der Waals surface area contributed by atoms with Crippen LogP contribution >= 0.6 is 34.5 Å². The van der Waals surface area contributed by atoms with Gasteiger partial charge in [0.05, 0.1) is 33.7 Å². The summed E-state index contributed by atoms with van der Waals surface area (Å²) in [5.74, 6) is 0.250. The fraction of sp³-hybridized carbons (Fsp3) is 0.316. The number of aromatic nitrogens is 2. The number of carbonyl (C=O) groups is 1. The monoisotopic (exact) mass is 438 g/mol. The van der Waals surface area contributed by atoms with Crippen molar-refractivity contribution in [3.05, 3.63) is 54.9 Å². The Morgan fingerprint density at radius 3 is 2.61 bits per heavy atom. The number of nitrogens with one attached hydrogen (secondary N) is 2. The average molecular weight is 439 g/mol. The van der Waals surface area contributed by atoms with E-state index >= 15 is 0 Å². The van der Waals surface area contributed by atoms with Crippen LogP contribution < -0.4 is 10.9 Å². The van der Waals surface area contributed by atoms with Gasteiger partial charge in [0, 0.05) is 4.88 Å². The van der Waals surface area contributed by atoms with E-state index in [1.165, 1.54) is 11.3 Å². The molecule has 0 aliphatic rings. The van der Waals surface area contributed by atoms with Gasteiger partial charge in [-0.2, -0.15) is 0 Å². The first kappa shape index (κ1) is 20.8. The number of para-hydroxylation sites is 1. The molecule has 1 amide bonds. The number of hydrogen-bond donors (Lipinski definition) is 2. The Labute approximate surface area is 176 Å². The summed E-state index contributed by atoms with van der Waals surface area (Å²) in [5, 5.41) is 4.11. The molecule has 3 rings (SSSR count). The van der Waals surface area contributed by atoms with Crippen molar-refractivity contribution in [2.75, 3.05) is 18.9 Å². The van der Waals surface area contributed by atoms with Gasteiger partial charge in [-0.25, -0.2) is 4.98 Å². The Kier molecular flexibility index (Phi) is 6.09. The Balaban J connectivity index is 1.77. The number of anilines is 1. The quantitative estimate of drug-likeness (QED) is 0.612.